The first kappa shape index (κ1) is 24.2. The van der Waals surface area contributed by atoms with Gasteiger partial charge >= 0.3 is 6.09 Å². The maximum Gasteiger partial charge on any atom is 0.408 e. The number of carbonyl (C=O) groups is 4. The van der Waals surface area contributed by atoms with Crippen LogP contribution in [0.25, 0.3) is 0 Å². The number of ketones is 1. The largest absolute Gasteiger partial charge is 0.444 e. The van der Waals surface area contributed by atoms with Gasteiger partial charge in [0.25, 0.3) is 11.8 Å². The van der Waals surface area contributed by atoms with E-state index in [2.05, 4.69) is 5.32 Å². The van der Waals surface area contributed by atoms with Crippen molar-refractivity contribution in [2.45, 2.75) is 70.6 Å². The Morgan fingerprint density at radius 3 is 1.85 bits per heavy atom. The number of hydrogen-bond acceptors (Lipinski definition) is 6. The van der Waals surface area contributed by atoms with Gasteiger partial charge < -0.3 is 25.6 Å². The molecule has 2 fully saturated rings. The predicted octanol–water partition coefficient (Wildman–Crippen LogP) is 2.37. The third kappa shape index (κ3) is 4.80. The smallest absolute Gasteiger partial charge is 0.408 e. The molecule has 0 bridgehead atoms. The van der Waals surface area contributed by atoms with Gasteiger partial charge in [0.1, 0.15) is 5.60 Å². The van der Waals surface area contributed by atoms with Crippen molar-refractivity contribution in [1.82, 2.24) is 5.32 Å². The highest BCUT2D eigenvalue weighted by molar-refractivity contribution is 6.37. The number of hydrogen-bond donors (Lipinski definition) is 2. The summed E-state index contributed by atoms with van der Waals surface area (Å²) in [6.07, 6.45) is 3.10. The van der Waals surface area contributed by atoms with Crippen LogP contribution in [0.5, 0.6) is 0 Å². The van der Waals surface area contributed by atoms with Crippen LogP contribution in [-0.2, 0) is 19.1 Å². The van der Waals surface area contributed by atoms with Crippen molar-refractivity contribution in [3.63, 3.8) is 0 Å². The van der Waals surface area contributed by atoms with Gasteiger partial charge in [-0.25, -0.2) is 4.79 Å². The minimum Gasteiger partial charge on any atom is -0.444 e. The van der Waals surface area contributed by atoms with Crippen LogP contribution >= 0.6 is 0 Å². The molecule has 3 N–H and O–H groups in total. The lowest BCUT2D eigenvalue weighted by Gasteiger charge is -2.32. The van der Waals surface area contributed by atoms with Crippen LogP contribution in [0.2, 0.25) is 0 Å². The number of nitrogens with two attached hydrogens (primary N) is 1. The van der Waals surface area contributed by atoms with E-state index in [9.17, 15) is 19.2 Å². The first-order valence-corrected chi connectivity index (χ1v) is 12.0. The van der Waals surface area contributed by atoms with Crippen molar-refractivity contribution in [1.29, 1.82) is 0 Å². The molecule has 2 aliphatic carbocycles. The summed E-state index contributed by atoms with van der Waals surface area (Å²) in [5.74, 6) is -1.75. The monoisotopic (exact) mass is 470 g/mol. The minimum atomic E-state index is -2.46. The molecule has 0 radical (unpaired) electrons. The molecule has 4 rings (SSSR count). The summed E-state index contributed by atoms with van der Waals surface area (Å²) in [7, 11) is 0. The first-order valence-electron chi connectivity index (χ1n) is 12.0. The summed E-state index contributed by atoms with van der Waals surface area (Å²) in [5, 5.41) is 2.45. The van der Waals surface area contributed by atoms with Crippen LogP contribution in [-0.4, -0.2) is 54.0 Å². The van der Waals surface area contributed by atoms with Crippen LogP contribution in [0, 0.1) is 11.8 Å². The quantitative estimate of drug-likeness (QED) is 0.590. The van der Waals surface area contributed by atoms with Gasteiger partial charge in [0, 0.05) is 13.1 Å². The summed E-state index contributed by atoms with van der Waals surface area (Å²) in [6, 6.07) is 6.00. The van der Waals surface area contributed by atoms with Crippen LogP contribution in [0.4, 0.5) is 16.2 Å². The molecule has 1 aromatic rings. The third-order valence-electron chi connectivity index (χ3n) is 6.42. The molecule has 9 nitrogen and oxygen atoms in total. The zero-order valence-corrected chi connectivity index (χ0v) is 20.3. The number of ether oxygens (including phenoxy) is 1. The molecule has 9 heteroatoms. The van der Waals surface area contributed by atoms with Crippen molar-refractivity contribution >= 4 is 35.1 Å². The first-order chi connectivity index (χ1) is 15.9. The Labute approximate surface area is 200 Å². The number of fused-ring (bicyclic) bond motifs is 1. The second kappa shape index (κ2) is 8.69. The van der Waals surface area contributed by atoms with E-state index in [-0.39, 0.29) is 0 Å². The Bertz CT molecular complexity index is 956. The topological polar surface area (TPSA) is 122 Å². The van der Waals surface area contributed by atoms with Crippen molar-refractivity contribution in [2.24, 2.45) is 17.6 Å². The summed E-state index contributed by atoms with van der Waals surface area (Å²) >= 11 is 0. The lowest BCUT2D eigenvalue weighted by molar-refractivity contribution is -0.142. The molecule has 1 heterocycles. The Hall–Kier alpha value is -2.94. The number of para-hydroxylation sites is 2. The highest BCUT2D eigenvalue weighted by Crippen LogP contribution is 2.41. The van der Waals surface area contributed by atoms with Gasteiger partial charge in [-0.1, -0.05) is 12.1 Å². The lowest BCUT2D eigenvalue weighted by Crippen LogP contribution is -2.71. The van der Waals surface area contributed by atoms with E-state index in [1.165, 1.54) is 16.7 Å². The number of rotatable bonds is 7. The second-order valence-electron chi connectivity index (χ2n) is 10.7. The fraction of sp³-hybridized carbons (Fsp3) is 0.600. The Morgan fingerprint density at radius 1 is 1.03 bits per heavy atom. The fourth-order valence-electron chi connectivity index (χ4n) is 4.24. The zero-order chi connectivity index (χ0) is 24.8. The van der Waals surface area contributed by atoms with Crippen molar-refractivity contribution in [2.75, 3.05) is 22.9 Å². The van der Waals surface area contributed by atoms with Gasteiger partial charge in [0.2, 0.25) is 5.54 Å². The number of Topliss-reactive ketones (excluding diaryl/α,β-unsaturated/α-hetero) is 1. The molecule has 1 atom stereocenters. The molecule has 2 saturated carbocycles. The van der Waals surface area contributed by atoms with Crippen LogP contribution in [0.3, 0.4) is 0 Å². The summed E-state index contributed by atoms with van der Waals surface area (Å²) in [5.41, 5.74) is 4.46. The molecule has 3 aliphatic rings. The van der Waals surface area contributed by atoms with Crippen molar-refractivity contribution < 1.29 is 23.9 Å². The normalized spacial score (nSPS) is 21.0. The molecule has 1 aliphatic heterocycles. The number of alkyl carbamates (subject to hydrolysis) is 1. The highest BCUT2D eigenvalue weighted by Gasteiger charge is 2.58. The molecule has 1 aromatic carbocycles. The zero-order valence-electron chi connectivity index (χ0n) is 20.3. The summed E-state index contributed by atoms with van der Waals surface area (Å²) < 4.78 is 5.24. The molecule has 0 saturated heterocycles. The van der Waals surface area contributed by atoms with Gasteiger partial charge in [-0.15, -0.1) is 0 Å². The molecular weight excluding hydrogens is 436 g/mol. The van der Waals surface area contributed by atoms with Gasteiger partial charge in [0.05, 0.1) is 17.4 Å². The van der Waals surface area contributed by atoms with Gasteiger partial charge in [-0.3, -0.25) is 14.4 Å². The van der Waals surface area contributed by atoms with E-state index >= 15 is 0 Å². The molecule has 0 unspecified atom stereocenters. The summed E-state index contributed by atoms with van der Waals surface area (Å²) in [4.78, 5) is 56.7. The molecular formula is C25H34N4O5. The summed E-state index contributed by atoms with van der Waals surface area (Å²) in [6.45, 7) is 7.29. The van der Waals surface area contributed by atoms with E-state index in [4.69, 9.17) is 10.5 Å². The Balaban J connectivity index is 1.71. The highest BCUT2D eigenvalue weighted by atomic mass is 16.6. The van der Waals surface area contributed by atoms with Crippen LogP contribution < -0.4 is 20.9 Å². The van der Waals surface area contributed by atoms with Gasteiger partial charge in [-0.2, -0.15) is 0 Å². The number of amides is 3. The predicted molar refractivity (Wildman–Crippen MR) is 127 cm³/mol. The average Bonchev–Trinajstić information content (AvgIpc) is 3.67. The van der Waals surface area contributed by atoms with Gasteiger partial charge in [-0.05, 0) is 77.3 Å². The van der Waals surface area contributed by atoms with Crippen molar-refractivity contribution in [3.05, 3.63) is 24.3 Å². The number of anilines is 2. The average molecular weight is 471 g/mol. The maximum atomic E-state index is 13.9. The third-order valence-corrected chi connectivity index (χ3v) is 6.42. The molecule has 34 heavy (non-hydrogen) atoms. The van der Waals surface area contributed by atoms with E-state index < -0.39 is 40.9 Å². The maximum absolute atomic E-state index is 13.9. The second-order valence-corrected chi connectivity index (χ2v) is 10.7. The molecule has 3 amide bonds. The number of benzene rings is 1. The van der Waals surface area contributed by atoms with E-state index in [1.54, 1.807) is 32.9 Å². The molecule has 0 aromatic heterocycles. The van der Waals surface area contributed by atoms with Crippen LogP contribution in [0.1, 0.15) is 53.4 Å². The fourth-order valence-corrected chi connectivity index (χ4v) is 4.24. The Kier molecular flexibility index (Phi) is 6.18. The standard InChI is InChI=1S/C25H34N4O5/c1-15(27-23(33)34-24(2,3)4)20(30)25(26)21(31)28(13-16-9-10-16)18-7-5-6-8-19(18)29(22(25)32)14-17-11-12-17/h5-8,15-17H,9-14,26H2,1-4H3,(H,27,33)/t15-/m0/s1. The van der Waals surface area contributed by atoms with Crippen LogP contribution in [0.15, 0.2) is 24.3 Å². The van der Waals surface area contributed by atoms with E-state index in [0.717, 1.165) is 25.7 Å². The minimum absolute atomic E-state index is 0.304. The lowest BCUT2D eigenvalue weighted by atomic mass is 9.87. The number of carbonyl (C=O) groups excluding carboxylic acids is 4. The van der Waals surface area contributed by atoms with E-state index in [0.29, 0.717) is 36.3 Å². The number of nitrogens with one attached hydrogen (secondary N) is 1. The molecule has 184 valence electrons. The molecule has 0 spiro atoms. The number of nitrogens with zero attached hydrogens (tertiary/aromatic N) is 2. The van der Waals surface area contributed by atoms with Gasteiger partial charge in [0.15, 0.2) is 5.78 Å². The van der Waals surface area contributed by atoms with E-state index in [1.807, 2.05) is 12.1 Å². The Morgan fingerprint density at radius 2 is 1.47 bits per heavy atom. The van der Waals surface area contributed by atoms with Crippen molar-refractivity contribution in [3.8, 4) is 0 Å². The SMILES string of the molecule is C[C@H](NC(=O)OC(C)(C)C)C(=O)C1(N)C(=O)N(CC2CC2)c2ccccc2N(CC2CC2)C1=O.